The second kappa shape index (κ2) is 5.51. The van der Waals surface area contributed by atoms with Gasteiger partial charge in [-0.2, -0.15) is 30.6 Å². The number of halogens is 3. The normalized spacial score (nSPS) is 21.4. The number of alkyl halides is 3. The van der Waals surface area contributed by atoms with Gasteiger partial charge in [0.05, 0.1) is 0 Å². The van der Waals surface area contributed by atoms with Crippen molar-refractivity contribution in [3.8, 4) is 0 Å². The van der Waals surface area contributed by atoms with Gasteiger partial charge < -0.3 is 4.90 Å². The molecule has 0 saturated carbocycles. The maximum Gasteiger partial charge on any atom is 0.402 e. The first-order valence-corrected chi connectivity index (χ1v) is 6.65. The van der Waals surface area contributed by atoms with Crippen molar-refractivity contribution in [2.24, 2.45) is 0 Å². The van der Waals surface area contributed by atoms with Crippen molar-refractivity contribution in [3.05, 3.63) is 0 Å². The molecule has 9 heteroatoms. The minimum atomic E-state index is -4.53. The molecule has 0 aromatic heterocycles. The van der Waals surface area contributed by atoms with E-state index in [2.05, 4.69) is 0 Å². The number of nitrogens with zero attached hydrogens (tertiary/aromatic N) is 2. The zero-order chi connectivity index (χ0) is 13.1. The van der Waals surface area contributed by atoms with Crippen molar-refractivity contribution in [2.45, 2.75) is 12.6 Å². The Bertz CT molecular complexity index is 344. The Hall–Kier alpha value is -0.380. The Labute approximate surface area is 98.8 Å². The molecular formula is C8H16F3N3O2S. The third-order valence-electron chi connectivity index (χ3n) is 2.47. The van der Waals surface area contributed by atoms with Gasteiger partial charge in [0.25, 0.3) is 10.2 Å². The fourth-order valence-corrected chi connectivity index (χ4v) is 2.75. The summed E-state index contributed by atoms with van der Waals surface area (Å²) in [5.41, 5.74) is 0. The standard InChI is InChI=1S/C8H16F3N3O2S/c1-13-3-2-4-14(6-5-13)17(15,16)12-7-8(9,10)11/h12H,2-7H2,1H3. The molecule has 0 aromatic rings. The highest BCUT2D eigenvalue weighted by molar-refractivity contribution is 7.87. The Morgan fingerprint density at radius 2 is 1.82 bits per heavy atom. The molecule has 0 aromatic carbocycles. The lowest BCUT2D eigenvalue weighted by molar-refractivity contribution is -0.121. The number of nitrogens with one attached hydrogen (secondary N) is 1. The van der Waals surface area contributed by atoms with Gasteiger partial charge >= 0.3 is 6.18 Å². The monoisotopic (exact) mass is 275 g/mol. The third kappa shape index (κ3) is 5.19. The van der Waals surface area contributed by atoms with Crippen molar-refractivity contribution in [2.75, 3.05) is 39.8 Å². The molecule has 0 unspecified atom stereocenters. The molecule has 0 radical (unpaired) electrons. The maximum atomic E-state index is 11.9. The second-order valence-electron chi connectivity index (χ2n) is 4.00. The van der Waals surface area contributed by atoms with Gasteiger partial charge in [0, 0.05) is 19.6 Å². The maximum absolute atomic E-state index is 11.9. The van der Waals surface area contributed by atoms with Crippen molar-refractivity contribution < 1.29 is 21.6 Å². The molecule has 1 aliphatic rings. The highest BCUT2D eigenvalue weighted by atomic mass is 32.2. The molecule has 5 nitrogen and oxygen atoms in total. The molecule has 0 spiro atoms. The van der Waals surface area contributed by atoms with Crippen LogP contribution in [0, 0.1) is 0 Å². The first-order valence-electron chi connectivity index (χ1n) is 5.21. The van der Waals surface area contributed by atoms with E-state index in [0.29, 0.717) is 13.0 Å². The third-order valence-corrected chi connectivity index (χ3v) is 4.03. The summed E-state index contributed by atoms with van der Waals surface area (Å²) in [6, 6.07) is 0. The van der Waals surface area contributed by atoms with Crippen LogP contribution >= 0.6 is 0 Å². The quantitative estimate of drug-likeness (QED) is 0.790. The molecule has 1 N–H and O–H groups in total. The van der Waals surface area contributed by atoms with Gasteiger partial charge in [-0.1, -0.05) is 0 Å². The number of rotatable bonds is 3. The van der Waals surface area contributed by atoms with E-state index in [-0.39, 0.29) is 13.1 Å². The van der Waals surface area contributed by atoms with Crippen molar-refractivity contribution in [3.63, 3.8) is 0 Å². The van der Waals surface area contributed by atoms with E-state index in [0.717, 1.165) is 10.8 Å². The summed E-state index contributed by atoms with van der Waals surface area (Å²) in [6.45, 7) is 0.196. The SMILES string of the molecule is CN1CCCN(S(=O)(=O)NCC(F)(F)F)CC1. The topological polar surface area (TPSA) is 52.7 Å². The molecule has 0 aliphatic carbocycles. The Balaban J connectivity index is 2.57. The van der Waals surface area contributed by atoms with Gasteiger partial charge in [-0.15, -0.1) is 0 Å². The zero-order valence-corrected chi connectivity index (χ0v) is 10.3. The van der Waals surface area contributed by atoms with Gasteiger partial charge in [0.1, 0.15) is 6.54 Å². The van der Waals surface area contributed by atoms with Crippen molar-refractivity contribution >= 4 is 10.2 Å². The summed E-state index contributed by atoms with van der Waals surface area (Å²) >= 11 is 0. The van der Waals surface area contributed by atoms with Crippen LogP contribution in [0.1, 0.15) is 6.42 Å². The van der Waals surface area contributed by atoms with E-state index in [1.165, 1.54) is 0 Å². The fraction of sp³-hybridized carbons (Fsp3) is 1.00. The van der Waals surface area contributed by atoms with E-state index in [9.17, 15) is 21.6 Å². The average Bonchev–Trinajstić information content (AvgIpc) is 2.39. The van der Waals surface area contributed by atoms with E-state index in [1.54, 1.807) is 4.72 Å². The van der Waals surface area contributed by atoms with Crippen LogP contribution < -0.4 is 4.72 Å². The van der Waals surface area contributed by atoms with Gasteiger partial charge in [-0.3, -0.25) is 0 Å². The molecule has 1 saturated heterocycles. The fourth-order valence-electron chi connectivity index (χ4n) is 1.53. The van der Waals surface area contributed by atoms with Crippen molar-refractivity contribution in [1.29, 1.82) is 0 Å². The number of hydrogen-bond acceptors (Lipinski definition) is 3. The summed E-state index contributed by atoms with van der Waals surface area (Å²) in [7, 11) is -2.18. The Morgan fingerprint density at radius 1 is 1.18 bits per heavy atom. The van der Waals surface area contributed by atoms with Gasteiger partial charge in [0.15, 0.2) is 0 Å². The van der Waals surface area contributed by atoms with Crippen LogP contribution in [0.25, 0.3) is 0 Å². The first kappa shape index (κ1) is 14.7. The molecule has 1 aliphatic heterocycles. The van der Waals surface area contributed by atoms with Crippen LogP contribution in [-0.4, -0.2) is 63.6 Å². The van der Waals surface area contributed by atoms with Gasteiger partial charge in [-0.25, -0.2) is 0 Å². The summed E-state index contributed by atoms with van der Waals surface area (Å²) in [6.07, 6.45) is -3.92. The molecule has 0 atom stereocenters. The molecule has 1 rings (SSSR count). The van der Waals surface area contributed by atoms with E-state index >= 15 is 0 Å². The van der Waals surface area contributed by atoms with Crippen LogP contribution in [0.2, 0.25) is 0 Å². The largest absolute Gasteiger partial charge is 0.402 e. The minimum absolute atomic E-state index is 0.212. The number of likely N-dealkylation sites (N-methyl/N-ethyl adjacent to an activating group) is 1. The lowest BCUT2D eigenvalue weighted by Crippen LogP contribution is -2.45. The van der Waals surface area contributed by atoms with E-state index in [1.807, 2.05) is 11.9 Å². The van der Waals surface area contributed by atoms with Crippen LogP contribution in [-0.2, 0) is 10.2 Å². The average molecular weight is 275 g/mol. The predicted octanol–water partition coefficient (Wildman–Crippen LogP) is 0.0206. The lowest BCUT2D eigenvalue weighted by atomic mass is 10.4. The second-order valence-corrected chi connectivity index (χ2v) is 5.75. The van der Waals surface area contributed by atoms with Gasteiger partial charge in [-0.05, 0) is 20.0 Å². The Kier molecular flexibility index (Phi) is 4.76. The molecule has 0 amide bonds. The molecule has 102 valence electrons. The molecule has 0 bridgehead atoms. The van der Waals surface area contributed by atoms with Crippen LogP contribution in [0.5, 0.6) is 0 Å². The molecule has 17 heavy (non-hydrogen) atoms. The molecular weight excluding hydrogens is 259 g/mol. The summed E-state index contributed by atoms with van der Waals surface area (Å²) < 4.78 is 61.6. The van der Waals surface area contributed by atoms with E-state index < -0.39 is 22.9 Å². The van der Waals surface area contributed by atoms with Crippen LogP contribution in [0.15, 0.2) is 0 Å². The van der Waals surface area contributed by atoms with Crippen molar-refractivity contribution in [1.82, 2.24) is 13.9 Å². The predicted molar refractivity (Wildman–Crippen MR) is 56.7 cm³/mol. The van der Waals surface area contributed by atoms with Crippen LogP contribution in [0.3, 0.4) is 0 Å². The van der Waals surface area contributed by atoms with Crippen LogP contribution in [0.4, 0.5) is 13.2 Å². The number of hydrogen-bond donors (Lipinski definition) is 1. The minimum Gasteiger partial charge on any atom is -0.305 e. The molecule has 1 heterocycles. The summed E-state index contributed by atoms with van der Waals surface area (Å²) in [4.78, 5) is 1.94. The van der Waals surface area contributed by atoms with Gasteiger partial charge in [0.2, 0.25) is 0 Å². The highest BCUT2D eigenvalue weighted by Crippen LogP contribution is 2.14. The Morgan fingerprint density at radius 3 is 2.41 bits per heavy atom. The molecule has 1 fully saturated rings. The zero-order valence-electron chi connectivity index (χ0n) is 9.50. The highest BCUT2D eigenvalue weighted by Gasteiger charge is 2.32. The van der Waals surface area contributed by atoms with E-state index in [4.69, 9.17) is 0 Å². The smallest absolute Gasteiger partial charge is 0.305 e. The lowest BCUT2D eigenvalue weighted by Gasteiger charge is -2.20. The first-order chi connectivity index (χ1) is 7.71. The summed E-state index contributed by atoms with van der Waals surface area (Å²) in [5.74, 6) is 0. The summed E-state index contributed by atoms with van der Waals surface area (Å²) in [5, 5.41) is 0.